The van der Waals surface area contributed by atoms with Crippen molar-refractivity contribution >= 4 is 29.0 Å². The number of carbonyl (C=O) groups excluding carboxylic acids is 1. The van der Waals surface area contributed by atoms with Crippen LogP contribution in [0.1, 0.15) is 34.5 Å². The van der Waals surface area contributed by atoms with Gasteiger partial charge in [0.1, 0.15) is 6.07 Å². The first-order chi connectivity index (χ1) is 10.3. The van der Waals surface area contributed by atoms with Crippen molar-refractivity contribution in [3.63, 3.8) is 0 Å². The number of carbonyl (C=O) groups is 1. The third-order valence-electron chi connectivity index (χ3n) is 3.97. The smallest absolute Gasteiger partial charge is 0.264 e. The molecule has 2 aliphatic rings. The second-order valence-corrected chi connectivity index (χ2v) is 7.48. The van der Waals surface area contributed by atoms with E-state index in [4.69, 9.17) is 10.00 Å². The highest BCUT2D eigenvalue weighted by Crippen LogP contribution is 2.27. The van der Waals surface area contributed by atoms with Gasteiger partial charge in [0, 0.05) is 30.3 Å². The number of rotatable bonds is 4. The number of hydrogen-bond acceptors (Lipinski definition) is 5. The molecule has 2 fully saturated rings. The molecule has 1 aromatic rings. The van der Waals surface area contributed by atoms with Gasteiger partial charge in [0.05, 0.1) is 16.5 Å². The van der Waals surface area contributed by atoms with Crippen LogP contribution in [0.25, 0.3) is 0 Å². The van der Waals surface area contributed by atoms with E-state index in [1.54, 1.807) is 11.4 Å². The maximum absolute atomic E-state index is 12.8. The van der Waals surface area contributed by atoms with Crippen molar-refractivity contribution in [1.82, 2.24) is 4.90 Å². The normalized spacial score (nSPS) is 24.9. The Labute approximate surface area is 133 Å². The Morgan fingerprint density at radius 2 is 2.43 bits per heavy atom. The van der Waals surface area contributed by atoms with Crippen LogP contribution in [0.5, 0.6) is 0 Å². The summed E-state index contributed by atoms with van der Waals surface area (Å²) in [5.74, 6) is 2.19. The van der Waals surface area contributed by atoms with Crippen molar-refractivity contribution < 1.29 is 9.53 Å². The summed E-state index contributed by atoms with van der Waals surface area (Å²) in [6.45, 7) is 1.49. The lowest BCUT2D eigenvalue weighted by molar-refractivity contribution is 0.0445. The summed E-state index contributed by atoms with van der Waals surface area (Å²) in [6.07, 6.45) is 3.36. The first kappa shape index (κ1) is 14.9. The second-order valence-electron chi connectivity index (χ2n) is 5.42. The first-order valence-electron chi connectivity index (χ1n) is 7.27. The largest absolute Gasteiger partial charge is 0.376 e. The van der Waals surface area contributed by atoms with Gasteiger partial charge in [-0.2, -0.15) is 17.0 Å². The Morgan fingerprint density at radius 1 is 1.52 bits per heavy atom. The Balaban J connectivity index is 1.76. The summed E-state index contributed by atoms with van der Waals surface area (Å²) in [5, 5.41) is 10.7. The fraction of sp³-hybridized carbons (Fsp3) is 0.600. The maximum atomic E-state index is 12.8. The Morgan fingerprint density at radius 3 is 3.05 bits per heavy atom. The maximum Gasteiger partial charge on any atom is 0.264 e. The minimum absolute atomic E-state index is 0.0597. The highest BCUT2D eigenvalue weighted by Gasteiger charge is 2.31. The molecule has 1 aromatic heterocycles. The molecule has 0 radical (unpaired) electrons. The molecular formula is C15H18N2O2S2. The number of thiophene rings is 1. The summed E-state index contributed by atoms with van der Waals surface area (Å²) in [4.78, 5) is 15.5. The highest BCUT2D eigenvalue weighted by atomic mass is 32.2. The van der Waals surface area contributed by atoms with Gasteiger partial charge >= 0.3 is 0 Å². The molecule has 6 heteroatoms. The van der Waals surface area contributed by atoms with Crippen molar-refractivity contribution in [3.05, 3.63) is 21.9 Å². The molecule has 4 nitrogen and oxygen atoms in total. The van der Waals surface area contributed by atoms with Gasteiger partial charge in [-0.25, -0.2) is 0 Å². The zero-order valence-corrected chi connectivity index (χ0v) is 13.4. The van der Waals surface area contributed by atoms with Crippen LogP contribution in [0, 0.1) is 11.3 Å². The third-order valence-corrected chi connectivity index (χ3v) is 6.03. The quantitative estimate of drug-likeness (QED) is 0.855. The van der Waals surface area contributed by atoms with Crippen molar-refractivity contribution in [2.24, 2.45) is 0 Å². The number of ether oxygens (including phenoxy) is 1. The number of nitrogens with zero attached hydrogens (tertiary/aromatic N) is 2. The average Bonchev–Trinajstić information content (AvgIpc) is 3.25. The molecule has 21 heavy (non-hydrogen) atoms. The van der Waals surface area contributed by atoms with E-state index in [1.165, 1.54) is 11.3 Å². The van der Waals surface area contributed by atoms with Crippen LogP contribution in [0.4, 0.5) is 0 Å². The van der Waals surface area contributed by atoms with E-state index in [0.29, 0.717) is 23.0 Å². The average molecular weight is 322 g/mol. The van der Waals surface area contributed by atoms with Crippen LogP contribution < -0.4 is 0 Å². The van der Waals surface area contributed by atoms with Gasteiger partial charge in [-0.05, 0) is 31.1 Å². The fourth-order valence-electron chi connectivity index (χ4n) is 2.82. The molecule has 3 heterocycles. The van der Waals surface area contributed by atoms with E-state index in [9.17, 15) is 4.79 Å². The molecular weight excluding hydrogens is 304 g/mol. The number of amides is 1. The van der Waals surface area contributed by atoms with Gasteiger partial charge in [0.25, 0.3) is 5.91 Å². The Hall–Kier alpha value is -1.03. The van der Waals surface area contributed by atoms with E-state index < -0.39 is 0 Å². The zero-order chi connectivity index (χ0) is 14.7. The van der Waals surface area contributed by atoms with E-state index in [2.05, 4.69) is 6.07 Å². The molecule has 0 aliphatic carbocycles. The van der Waals surface area contributed by atoms with Crippen molar-refractivity contribution in [3.8, 4) is 6.07 Å². The predicted octanol–water partition coefficient (Wildman–Crippen LogP) is 2.75. The van der Waals surface area contributed by atoms with Gasteiger partial charge in [0.2, 0.25) is 0 Å². The van der Waals surface area contributed by atoms with Gasteiger partial charge in [-0.3, -0.25) is 4.79 Å². The third kappa shape index (κ3) is 3.42. The summed E-state index contributed by atoms with van der Waals surface area (Å²) >= 11 is 3.27. The van der Waals surface area contributed by atoms with Gasteiger partial charge < -0.3 is 9.64 Å². The molecule has 0 bridgehead atoms. The van der Waals surface area contributed by atoms with Crippen LogP contribution in [0.2, 0.25) is 0 Å². The summed E-state index contributed by atoms with van der Waals surface area (Å²) in [7, 11) is 0. The summed E-state index contributed by atoms with van der Waals surface area (Å²) < 4.78 is 5.71. The van der Waals surface area contributed by atoms with E-state index in [1.807, 2.05) is 16.7 Å². The zero-order valence-electron chi connectivity index (χ0n) is 11.8. The van der Waals surface area contributed by atoms with Crippen molar-refractivity contribution in [2.75, 3.05) is 24.7 Å². The minimum atomic E-state index is 0.0597. The lowest BCUT2D eigenvalue weighted by Gasteiger charge is -2.30. The Bertz CT molecular complexity index is 540. The standard InChI is InChI=1S/C15H18N2O2S2/c16-7-11-6-14(21-9-11)15(18)17(12-3-5-20-10-12)8-13-2-1-4-19-13/h6,9,12-13H,1-5,8,10H2/t12-,13-/m0/s1. The molecule has 2 atom stereocenters. The van der Waals surface area contributed by atoms with Crippen molar-refractivity contribution in [1.29, 1.82) is 5.26 Å². The van der Waals surface area contributed by atoms with E-state index in [-0.39, 0.29) is 12.0 Å². The van der Waals surface area contributed by atoms with Crippen LogP contribution in [-0.2, 0) is 4.74 Å². The van der Waals surface area contributed by atoms with Crippen molar-refractivity contribution in [2.45, 2.75) is 31.4 Å². The lowest BCUT2D eigenvalue weighted by atomic mass is 10.1. The predicted molar refractivity (Wildman–Crippen MR) is 84.8 cm³/mol. The van der Waals surface area contributed by atoms with Crippen LogP contribution in [-0.4, -0.2) is 47.6 Å². The molecule has 0 aromatic carbocycles. The Kier molecular flexibility index (Phi) is 4.84. The molecule has 1 amide bonds. The van der Waals surface area contributed by atoms with Gasteiger partial charge in [-0.15, -0.1) is 11.3 Å². The van der Waals surface area contributed by atoms with Crippen LogP contribution in [0.15, 0.2) is 11.4 Å². The van der Waals surface area contributed by atoms with Gasteiger partial charge in [0.15, 0.2) is 0 Å². The topological polar surface area (TPSA) is 53.3 Å². The minimum Gasteiger partial charge on any atom is -0.376 e. The molecule has 3 rings (SSSR count). The SMILES string of the molecule is N#Cc1csc(C(=O)N(C[C@@H]2CCCO2)[C@H]2CCSC2)c1. The highest BCUT2D eigenvalue weighted by molar-refractivity contribution is 7.99. The van der Waals surface area contributed by atoms with E-state index in [0.717, 1.165) is 37.4 Å². The molecule has 2 saturated heterocycles. The number of thioether (sulfide) groups is 1. The monoisotopic (exact) mass is 322 g/mol. The molecule has 0 unspecified atom stereocenters. The fourth-order valence-corrected chi connectivity index (χ4v) is 4.83. The van der Waals surface area contributed by atoms with Crippen LogP contribution >= 0.6 is 23.1 Å². The second kappa shape index (κ2) is 6.82. The molecule has 0 spiro atoms. The lowest BCUT2D eigenvalue weighted by Crippen LogP contribution is -2.44. The van der Waals surface area contributed by atoms with Crippen LogP contribution in [0.3, 0.4) is 0 Å². The van der Waals surface area contributed by atoms with E-state index >= 15 is 0 Å². The first-order valence-corrected chi connectivity index (χ1v) is 9.30. The molecule has 0 saturated carbocycles. The van der Waals surface area contributed by atoms with Gasteiger partial charge in [-0.1, -0.05) is 0 Å². The number of hydrogen-bond donors (Lipinski definition) is 0. The molecule has 2 aliphatic heterocycles. The number of nitriles is 1. The molecule has 112 valence electrons. The summed E-state index contributed by atoms with van der Waals surface area (Å²) in [6, 6.07) is 4.11. The molecule has 0 N–H and O–H groups in total. The summed E-state index contributed by atoms with van der Waals surface area (Å²) in [5.41, 5.74) is 0.571.